The molecule has 3 heteroatoms. The number of hydrogen-bond acceptors (Lipinski definition) is 1. The SMILES string of the molecule is CC1(Br)CCCCCCC(C(=O)O)C1. The maximum Gasteiger partial charge on any atom is 0.306 e. The van der Waals surface area contributed by atoms with E-state index in [1.807, 2.05) is 0 Å². The fourth-order valence-corrected chi connectivity index (χ4v) is 2.84. The molecule has 14 heavy (non-hydrogen) atoms. The van der Waals surface area contributed by atoms with Crippen molar-refractivity contribution < 1.29 is 9.90 Å². The summed E-state index contributed by atoms with van der Waals surface area (Å²) in [6.07, 6.45) is 7.42. The van der Waals surface area contributed by atoms with Crippen LogP contribution in [0.3, 0.4) is 0 Å². The molecule has 82 valence electrons. The van der Waals surface area contributed by atoms with Crippen LogP contribution in [0.15, 0.2) is 0 Å². The minimum Gasteiger partial charge on any atom is -0.481 e. The fourth-order valence-electron chi connectivity index (χ4n) is 2.17. The van der Waals surface area contributed by atoms with Gasteiger partial charge in [-0.05, 0) is 26.2 Å². The van der Waals surface area contributed by atoms with E-state index >= 15 is 0 Å². The number of aliphatic carboxylic acids is 1. The second-order valence-electron chi connectivity index (χ2n) is 4.61. The average Bonchev–Trinajstić information content (AvgIpc) is 2.15. The Bertz CT molecular complexity index is 201. The zero-order valence-corrected chi connectivity index (χ0v) is 10.3. The van der Waals surface area contributed by atoms with Crippen LogP contribution < -0.4 is 0 Å². The Morgan fingerprint density at radius 1 is 1.36 bits per heavy atom. The lowest BCUT2D eigenvalue weighted by Crippen LogP contribution is -2.25. The van der Waals surface area contributed by atoms with Gasteiger partial charge in [-0.15, -0.1) is 0 Å². The van der Waals surface area contributed by atoms with E-state index < -0.39 is 5.97 Å². The molecule has 0 aliphatic heterocycles. The Labute approximate surface area is 94.2 Å². The second kappa shape index (κ2) is 5.15. The van der Waals surface area contributed by atoms with E-state index in [0.29, 0.717) is 0 Å². The average molecular weight is 263 g/mol. The van der Waals surface area contributed by atoms with Crippen LogP contribution in [-0.2, 0) is 4.79 Å². The van der Waals surface area contributed by atoms with E-state index in [9.17, 15) is 4.79 Å². The van der Waals surface area contributed by atoms with Gasteiger partial charge in [0.1, 0.15) is 0 Å². The first-order valence-corrected chi connectivity index (χ1v) is 6.22. The summed E-state index contributed by atoms with van der Waals surface area (Å²) in [5, 5.41) is 9.06. The van der Waals surface area contributed by atoms with Crippen LogP contribution in [0.25, 0.3) is 0 Å². The van der Waals surface area contributed by atoms with E-state index in [1.165, 1.54) is 19.3 Å². The van der Waals surface area contributed by atoms with Gasteiger partial charge in [0, 0.05) is 4.32 Å². The molecule has 1 saturated carbocycles. The monoisotopic (exact) mass is 262 g/mol. The standard InChI is InChI=1S/C11H19BrO2/c1-11(12)7-5-3-2-4-6-9(8-11)10(13)14/h9H,2-8H2,1H3,(H,13,14). The fraction of sp³-hybridized carbons (Fsp3) is 0.909. The van der Waals surface area contributed by atoms with Crippen molar-refractivity contribution in [1.82, 2.24) is 0 Å². The maximum absolute atomic E-state index is 11.0. The van der Waals surface area contributed by atoms with Crippen LogP contribution in [0, 0.1) is 5.92 Å². The third kappa shape index (κ3) is 3.99. The van der Waals surface area contributed by atoms with Crippen LogP contribution in [0.2, 0.25) is 0 Å². The molecule has 0 heterocycles. The molecule has 1 N–H and O–H groups in total. The predicted molar refractivity (Wildman–Crippen MR) is 60.8 cm³/mol. The Kier molecular flexibility index (Phi) is 4.42. The number of alkyl halides is 1. The quantitative estimate of drug-likeness (QED) is 0.734. The molecule has 2 atom stereocenters. The minimum atomic E-state index is -0.627. The van der Waals surface area contributed by atoms with Crippen molar-refractivity contribution in [2.45, 2.75) is 56.2 Å². The van der Waals surface area contributed by atoms with E-state index in [-0.39, 0.29) is 10.2 Å². The predicted octanol–water partition coefficient (Wildman–Crippen LogP) is 3.59. The van der Waals surface area contributed by atoms with Gasteiger partial charge in [-0.2, -0.15) is 0 Å². The third-order valence-corrected chi connectivity index (χ3v) is 3.74. The van der Waals surface area contributed by atoms with Gasteiger partial charge in [-0.3, -0.25) is 4.79 Å². The van der Waals surface area contributed by atoms with Crippen molar-refractivity contribution in [2.24, 2.45) is 5.92 Å². The van der Waals surface area contributed by atoms with Crippen molar-refractivity contribution in [2.75, 3.05) is 0 Å². The van der Waals surface area contributed by atoms with Gasteiger partial charge in [0.25, 0.3) is 0 Å². The lowest BCUT2D eigenvalue weighted by molar-refractivity contribution is -0.142. The highest BCUT2D eigenvalue weighted by atomic mass is 79.9. The summed E-state index contributed by atoms with van der Waals surface area (Å²) >= 11 is 3.66. The van der Waals surface area contributed by atoms with Gasteiger partial charge >= 0.3 is 5.97 Å². The molecule has 0 amide bonds. The molecule has 0 aromatic carbocycles. The summed E-state index contributed by atoms with van der Waals surface area (Å²) < 4.78 is 0.0282. The number of halogens is 1. The van der Waals surface area contributed by atoms with Crippen molar-refractivity contribution >= 4 is 21.9 Å². The highest BCUT2D eigenvalue weighted by molar-refractivity contribution is 9.10. The number of rotatable bonds is 1. The van der Waals surface area contributed by atoms with Crippen LogP contribution >= 0.6 is 15.9 Å². The molecular weight excluding hydrogens is 244 g/mol. The zero-order valence-electron chi connectivity index (χ0n) is 8.76. The van der Waals surface area contributed by atoms with E-state index in [2.05, 4.69) is 22.9 Å². The number of carboxylic acid groups (broad SMARTS) is 1. The summed E-state index contributed by atoms with van der Waals surface area (Å²) in [5.74, 6) is -0.782. The molecule has 0 radical (unpaired) electrons. The number of carboxylic acids is 1. The lowest BCUT2D eigenvalue weighted by Gasteiger charge is -2.24. The number of hydrogen-bond donors (Lipinski definition) is 1. The number of carbonyl (C=O) groups is 1. The Morgan fingerprint density at radius 2 is 2.00 bits per heavy atom. The first-order chi connectivity index (χ1) is 6.51. The maximum atomic E-state index is 11.0. The normalized spacial score (nSPS) is 35.4. The summed E-state index contributed by atoms with van der Waals surface area (Å²) in [7, 11) is 0. The lowest BCUT2D eigenvalue weighted by atomic mass is 9.90. The van der Waals surface area contributed by atoms with E-state index in [0.717, 1.165) is 25.7 Å². The van der Waals surface area contributed by atoms with Gasteiger partial charge < -0.3 is 5.11 Å². The first-order valence-electron chi connectivity index (χ1n) is 5.43. The second-order valence-corrected chi connectivity index (χ2v) is 6.52. The molecule has 1 aliphatic carbocycles. The van der Waals surface area contributed by atoms with Crippen molar-refractivity contribution in [3.05, 3.63) is 0 Å². The largest absolute Gasteiger partial charge is 0.481 e. The summed E-state index contributed by atoms with van der Waals surface area (Å²) in [4.78, 5) is 11.0. The topological polar surface area (TPSA) is 37.3 Å². The molecule has 1 rings (SSSR count). The van der Waals surface area contributed by atoms with Crippen molar-refractivity contribution in [3.8, 4) is 0 Å². The van der Waals surface area contributed by atoms with Gasteiger partial charge in [0.05, 0.1) is 5.92 Å². The molecule has 0 saturated heterocycles. The molecule has 0 aromatic rings. The Morgan fingerprint density at radius 3 is 2.64 bits per heavy atom. The van der Waals surface area contributed by atoms with Gasteiger partial charge in [0.15, 0.2) is 0 Å². The van der Waals surface area contributed by atoms with E-state index in [1.54, 1.807) is 0 Å². The van der Waals surface area contributed by atoms with Crippen LogP contribution in [-0.4, -0.2) is 15.4 Å². The molecular formula is C11H19BrO2. The summed E-state index contributed by atoms with van der Waals surface area (Å²) in [6.45, 7) is 2.12. The van der Waals surface area contributed by atoms with E-state index in [4.69, 9.17) is 5.11 Å². The minimum absolute atomic E-state index is 0.0282. The van der Waals surface area contributed by atoms with Crippen molar-refractivity contribution in [1.29, 1.82) is 0 Å². The highest BCUT2D eigenvalue weighted by Crippen LogP contribution is 2.35. The van der Waals surface area contributed by atoms with Crippen LogP contribution in [0.1, 0.15) is 51.9 Å². The van der Waals surface area contributed by atoms with Gasteiger partial charge in [-0.1, -0.05) is 41.6 Å². The summed E-state index contributed by atoms with van der Waals surface area (Å²) in [6, 6.07) is 0. The molecule has 2 nitrogen and oxygen atoms in total. The first kappa shape index (κ1) is 12.0. The molecule has 0 bridgehead atoms. The smallest absolute Gasteiger partial charge is 0.306 e. The molecule has 0 aromatic heterocycles. The summed E-state index contributed by atoms with van der Waals surface area (Å²) in [5.41, 5.74) is 0. The van der Waals surface area contributed by atoms with Crippen LogP contribution in [0.5, 0.6) is 0 Å². The Balaban J connectivity index is 2.60. The van der Waals surface area contributed by atoms with Crippen molar-refractivity contribution in [3.63, 3.8) is 0 Å². The zero-order chi connectivity index (χ0) is 10.6. The third-order valence-electron chi connectivity index (χ3n) is 3.02. The molecule has 2 unspecified atom stereocenters. The highest BCUT2D eigenvalue weighted by Gasteiger charge is 2.29. The van der Waals surface area contributed by atoms with Gasteiger partial charge in [-0.25, -0.2) is 0 Å². The Hall–Kier alpha value is -0.0500. The molecule has 1 fully saturated rings. The molecule has 0 spiro atoms. The molecule has 1 aliphatic rings. The van der Waals surface area contributed by atoms with Crippen LogP contribution in [0.4, 0.5) is 0 Å². The van der Waals surface area contributed by atoms with Gasteiger partial charge in [0.2, 0.25) is 0 Å².